The zero-order chi connectivity index (χ0) is 22.8. The van der Waals surface area contributed by atoms with Crippen molar-refractivity contribution in [2.24, 2.45) is 0 Å². The normalized spacial score (nSPS) is 10.9. The lowest BCUT2D eigenvalue weighted by molar-refractivity contribution is 0.0827. The van der Waals surface area contributed by atoms with E-state index in [9.17, 15) is 9.59 Å². The molecule has 162 valence electrons. The Morgan fingerprint density at radius 1 is 1.09 bits per heavy atom. The van der Waals surface area contributed by atoms with Gasteiger partial charge in [0.1, 0.15) is 0 Å². The van der Waals surface area contributed by atoms with Gasteiger partial charge in [-0.1, -0.05) is 41.9 Å². The first kappa shape index (κ1) is 21.5. The molecule has 0 bridgehead atoms. The first-order valence-electron chi connectivity index (χ1n) is 10.1. The average Bonchev–Trinajstić information content (AvgIpc) is 3.23. The Labute approximate surface area is 190 Å². The van der Waals surface area contributed by atoms with Crippen LogP contribution >= 0.6 is 11.6 Å². The third-order valence-corrected chi connectivity index (χ3v) is 5.42. The van der Waals surface area contributed by atoms with Gasteiger partial charge in [0.2, 0.25) is 0 Å². The van der Waals surface area contributed by atoms with Gasteiger partial charge in [-0.25, -0.2) is 9.67 Å². The van der Waals surface area contributed by atoms with Crippen molar-refractivity contribution in [2.45, 2.75) is 13.5 Å². The van der Waals surface area contributed by atoms with E-state index in [1.807, 2.05) is 37.3 Å². The van der Waals surface area contributed by atoms with Crippen LogP contribution < -0.4 is 5.32 Å². The number of aromatic nitrogens is 3. The monoisotopic (exact) mass is 447 g/mol. The van der Waals surface area contributed by atoms with E-state index in [4.69, 9.17) is 16.6 Å². The second-order valence-electron chi connectivity index (χ2n) is 7.47. The SMILES string of the molecule is CCn1ncc2c(C(=O)Nc3cc(C(=O)N(C)C)ccc3Cl)cc(-c3ccccc3)nc21. The van der Waals surface area contributed by atoms with Crippen molar-refractivity contribution >= 4 is 40.1 Å². The molecule has 0 unspecified atom stereocenters. The van der Waals surface area contributed by atoms with Gasteiger partial charge >= 0.3 is 0 Å². The van der Waals surface area contributed by atoms with Gasteiger partial charge in [-0.15, -0.1) is 0 Å². The summed E-state index contributed by atoms with van der Waals surface area (Å²) in [5.41, 5.74) is 3.40. The molecule has 32 heavy (non-hydrogen) atoms. The molecule has 8 heteroatoms. The summed E-state index contributed by atoms with van der Waals surface area (Å²) >= 11 is 6.32. The summed E-state index contributed by atoms with van der Waals surface area (Å²) in [7, 11) is 3.33. The van der Waals surface area contributed by atoms with Crippen LogP contribution in [0.1, 0.15) is 27.6 Å². The lowest BCUT2D eigenvalue weighted by atomic mass is 10.1. The highest BCUT2D eigenvalue weighted by molar-refractivity contribution is 6.34. The second kappa shape index (κ2) is 8.80. The number of nitrogens with zero attached hydrogens (tertiary/aromatic N) is 4. The third kappa shape index (κ3) is 4.07. The molecule has 0 atom stereocenters. The number of halogens is 1. The van der Waals surface area contributed by atoms with Crippen LogP contribution in [0.2, 0.25) is 5.02 Å². The van der Waals surface area contributed by atoms with Crippen LogP contribution in [0.4, 0.5) is 5.69 Å². The van der Waals surface area contributed by atoms with E-state index in [2.05, 4.69) is 10.4 Å². The Hall–Kier alpha value is -3.71. The number of benzene rings is 2. The summed E-state index contributed by atoms with van der Waals surface area (Å²) in [5.74, 6) is -0.541. The summed E-state index contributed by atoms with van der Waals surface area (Å²) in [6.45, 7) is 2.59. The number of hydrogen-bond donors (Lipinski definition) is 1. The van der Waals surface area contributed by atoms with Crippen LogP contribution in [-0.2, 0) is 6.54 Å². The third-order valence-electron chi connectivity index (χ3n) is 5.09. The van der Waals surface area contributed by atoms with E-state index in [-0.39, 0.29) is 11.8 Å². The number of carbonyl (C=O) groups is 2. The van der Waals surface area contributed by atoms with Gasteiger partial charge in [-0.2, -0.15) is 5.10 Å². The molecular weight excluding hydrogens is 426 g/mol. The molecule has 0 aliphatic carbocycles. The number of aryl methyl sites for hydroxylation is 1. The van der Waals surface area contributed by atoms with Crippen molar-refractivity contribution in [3.05, 3.63) is 76.9 Å². The number of hydrogen-bond acceptors (Lipinski definition) is 4. The lowest BCUT2D eigenvalue weighted by Gasteiger charge is -2.13. The number of amides is 2. The number of carbonyl (C=O) groups excluding carboxylic acids is 2. The number of rotatable bonds is 5. The number of pyridine rings is 1. The second-order valence-corrected chi connectivity index (χ2v) is 7.87. The fourth-order valence-electron chi connectivity index (χ4n) is 3.43. The Bertz CT molecular complexity index is 1310. The molecule has 0 spiro atoms. The molecule has 4 rings (SSSR count). The minimum Gasteiger partial charge on any atom is -0.345 e. The minimum atomic E-state index is -0.360. The number of nitrogens with one attached hydrogen (secondary N) is 1. The van der Waals surface area contributed by atoms with Crippen LogP contribution in [0.5, 0.6) is 0 Å². The molecular formula is C24H22ClN5O2. The first-order valence-corrected chi connectivity index (χ1v) is 10.5. The van der Waals surface area contributed by atoms with Gasteiger partial charge in [0, 0.05) is 31.8 Å². The summed E-state index contributed by atoms with van der Waals surface area (Å²) < 4.78 is 1.75. The molecule has 0 aliphatic heterocycles. The molecule has 0 fully saturated rings. The van der Waals surface area contributed by atoms with E-state index in [1.54, 1.807) is 49.2 Å². The molecule has 7 nitrogen and oxygen atoms in total. The summed E-state index contributed by atoms with van der Waals surface area (Å²) in [6, 6.07) is 16.2. The number of fused-ring (bicyclic) bond motifs is 1. The van der Waals surface area contributed by atoms with Crippen LogP contribution in [-0.4, -0.2) is 45.6 Å². The smallest absolute Gasteiger partial charge is 0.256 e. The molecule has 0 saturated carbocycles. The van der Waals surface area contributed by atoms with Gasteiger partial charge in [-0.3, -0.25) is 9.59 Å². The van der Waals surface area contributed by atoms with Crippen LogP contribution in [0.25, 0.3) is 22.3 Å². The Balaban J connectivity index is 1.78. The molecule has 4 aromatic rings. The maximum absolute atomic E-state index is 13.3. The molecule has 0 saturated heterocycles. The minimum absolute atomic E-state index is 0.181. The zero-order valence-corrected chi connectivity index (χ0v) is 18.7. The fourth-order valence-corrected chi connectivity index (χ4v) is 3.59. The van der Waals surface area contributed by atoms with Gasteiger partial charge in [0.25, 0.3) is 11.8 Å². The molecule has 2 aromatic heterocycles. The van der Waals surface area contributed by atoms with Crippen molar-refractivity contribution in [2.75, 3.05) is 19.4 Å². The van der Waals surface area contributed by atoms with Gasteiger partial charge in [0.15, 0.2) is 5.65 Å². The fraction of sp³-hybridized carbons (Fsp3) is 0.167. The predicted molar refractivity (Wildman–Crippen MR) is 126 cm³/mol. The summed E-state index contributed by atoms with van der Waals surface area (Å²) in [5, 5.41) is 8.20. The highest BCUT2D eigenvalue weighted by Crippen LogP contribution is 2.28. The lowest BCUT2D eigenvalue weighted by Crippen LogP contribution is -2.22. The average molecular weight is 448 g/mol. The van der Waals surface area contributed by atoms with E-state index in [0.717, 1.165) is 5.56 Å². The predicted octanol–water partition coefficient (Wildman–Crippen LogP) is 4.73. The quantitative estimate of drug-likeness (QED) is 0.479. The van der Waals surface area contributed by atoms with Gasteiger partial charge < -0.3 is 10.2 Å². The first-order chi connectivity index (χ1) is 15.4. The van der Waals surface area contributed by atoms with E-state index in [0.29, 0.717) is 45.1 Å². The van der Waals surface area contributed by atoms with Gasteiger partial charge in [0.05, 0.1) is 33.6 Å². The number of anilines is 1. The van der Waals surface area contributed by atoms with E-state index >= 15 is 0 Å². The maximum atomic E-state index is 13.3. The Morgan fingerprint density at radius 3 is 2.53 bits per heavy atom. The molecule has 2 aromatic carbocycles. The molecule has 0 radical (unpaired) electrons. The van der Waals surface area contributed by atoms with Crippen molar-refractivity contribution in [3.63, 3.8) is 0 Å². The highest BCUT2D eigenvalue weighted by atomic mass is 35.5. The Kier molecular flexibility index (Phi) is 5.92. The topological polar surface area (TPSA) is 80.1 Å². The van der Waals surface area contributed by atoms with Crippen molar-refractivity contribution in [1.29, 1.82) is 0 Å². The van der Waals surface area contributed by atoms with Gasteiger partial charge in [-0.05, 0) is 31.2 Å². The van der Waals surface area contributed by atoms with E-state index < -0.39 is 0 Å². The van der Waals surface area contributed by atoms with E-state index in [1.165, 1.54) is 4.90 Å². The Morgan fingerprint density at radius 2 is 1.84 bits per heavy atom. The van der Waals surface area contributed by atoms with Crippen molar-refractivity contribution in [3.8, 4) is 11.3 Å². The zero-order valence-electron chi connectivity index (χ0n) is 18.0. The van der Waals surface area contributed by atoms with Crippen molar-refractivity contribution in [1.82, 2.24) is 19.7 Å². The van der Waals surface area contributed by atoms with Crippen molar-refractivity contribution < 1.29 is 9.59 Å². The molecule has 2 heterocycles. The summed E-state index contributed by atoms with van der Waals surface area (Å²) in [4.78, 5) is 31.9. The maximum Gasteiger partial charge on any atom is 0.256 e. The van der Waals surface area contributed by atoms with Crippen LogP contribution in [0.3, 0.4) is 0 Å². The summed E-state index contributed by atoms with van der Waals surface area (Å²) in [6.07, 6.45) is 1.64. The molecule has 1 N–H and O–H groups in total. The largest absolute Gasteiger partial charge is 0.345 e. The molecule has 0 aliphatic rings. The molecule has 2 amide bonds. The van der Waals surface area contributed by atoms with Crippen LogP contribution in [0, 0.1) is 0 Å². The van der Waals surface area contributed by atoms with Crippen LogP contribution in [0.15, 0.2) is 60.8 Å². The standard InChI is InChI=1S/C24H22ClN5O2/c1-4-30-22-18(14-26-30)17(13-20(27-22)15-8-6-5-7-9-15)23(31)28-21-12-16(10-11-19(21)25)24(32)29(2)3/h5-14H,4H2,1-3H3,(H,28,31). The highest BCUT2D eigenvalue weighted by Gasteiger charge is 2.19.